The predicted molar refractivity (Wildman–Crippen MR) is 60.0 cm³/mol. The quantitative estimate of drug-likeness (QED) is 0.687. The molecule has 20 heavy (non-hydrogen) atoms. The minimum Gasteiger partial charge on any atom is -0.462 e. The van der Waals surface area contributed by atoms with Crippen molar-refractivity contribution in [3.8, 4) is 0 Å². The summed E-state index contributed by atoms with van der Waals surface area (Å²) in [6, 6.07) is 1.16. The molecule has 0 aliphatic rings. The van der Waals surface area contributed by atoms with Gasteiger partial charge >= 0.3 is 18.1 Å². The second-order valence-electron chi connectivity index (χ2n) is 3.91. The molecule has 0 amide bonds. The monoisotopic (exact) mass is 297 g/mol. The molecule has 0 fully saturated rings. The number of halogens is 5. The van der Waals surface area contributed by atoms with Crippen LogP contribution < -0.4 is 5.73 Å². The van der Waals surface area contributed by atoms with E-state index < -0.39 is 35.2 Å². The summed E-state index contributed by atoms with van der Waals surface area (Å²) >= 11 is 0. The highest BCUT2D eigenvalue weighted by atomic mass is 19.4. The number of esters is 1. The van der Waals surface area contributed by atoms with Crippen molar-refractivity contribution in [2.45, 2.75) is 25.1 Å². The summed E-state index contributed by atoms with van der Waals surface area (Å²) < 4.78 is 69.7. The van der Waals surface area contributed by atoms with Crippen molar-refractivity contribution < 1.29 is 31.5 Å². The lowest BCUT2D eigenvalue weighted by atomic mass is 9.96. The summed E-state index contributed by atoms with van der Waals surface area (Å²) in [5.41, 5.74) is 2.98. The lowest BCUT2D eigenvalue weighted by Gasteiger charge is -2.24. The molecule has 0 aliphatic carbocycles. The summed E-state index contributed by atoms with van der Waals surface area (Å²) in [7, 11) is 0. The summed E-state index contributed by atoms with van der Waals surface area (Å²) in [5.74, 6) is -6.21. The average molecular weight is 297 g/mol. The van der Waals surface area contributed by atoms with Crippen molar-refractivity contribution in [2.75, 3.05) is 6.61 Å². The molecule has 3 nitrogen and oxygen atoms in total. The molecular weight excluding hydrogens is 285 g/mol. The second kappa shape index (κ2) is 5.74. The van der Waals surface area contributed by atoms with Crippen LogP contribution in [0.1, 0.15) is 24.1 Å². The van der Waals surface area contributed by atoms with Gasteiger partial charge in [-0.05, 0) is 18.6 Å². The molecule has 1 aromatic carbocycles. The molecule has 1 atom stereocenters. The minimum absolute atomic E-state index is 0.331. The number of alkyl halides is 5. The van der Waals surface area contributed by atoms with E-state index in [0.29, 0.717) is 6.07 Å². The Labute approximate surface area is 111 Å². The maximum atomic E-state index is 13.7. The number of ether oxygens (including phenoxy) is 1. The van der Waals surface area contributed by atoms with E-state index in [2.05, 4.69) is 4.74 Å². The van der Waals surface area contributed by atoms with Gasteiger partial charge in [-0.25, -0.2) is 4.79 Å². The third-order valence-electron chi connectivity index (χ3n) is 2.54. The molecule has 0 radical (unpaired) electrons. The van der Waals surface area contributed by atoms with Crippen LogP contribution in [-0.2, 0) is 15.7 Å². The Bertz CT molecular complexity index is 487. The molecule has 1 rings (SSSR count). The third kappa shape index (κ3) is 3.24. The summed E-state index contributed by atoms with van der Waals surface area (Å²) in [4.78, 5) is 11.1. The van der Waals surface area contributed by atoms with Crippen LogP contribution in [-0.4, -0.2) is 18.5 Å². The standard InChI is InChI=1S/C12H12F5NO2/c1-2-20-10(19)11(13,14)9(18)7-5-3-4-6-8(7)12(15,16)17/h3-6,9H,2,18H2,1H3. The van der Waals surface area contributed by atoms with E-state index in [9.17, 15) is 26.7 Å². The third-order valence-corrected chi connectivity index (χ3v) is 2.54. The molecule has 2 N–H and O–H groups in total. The number of nitrogens with two attached hydrogens (primary N) is 1. The van der Waals surface area contributed by atoms with Crippen LogP contribution in [0.15, 0.2) is 24.3 Å². The van der Waals surface area contributed by atoms with Gasteiger partial charge < -0.3 is 10.5 Å². The number of carbonyl (C=O) groups is 1. The molecular formula is C12H12F5NO2. The number of hydrogen-bond acceptors (Lipinski definition) is 3. The maximum absolute atomic E-state index is 13.7. The van der Waals surface area contributed by atoms with E-state index in [4.69, 9.17) is 5.73 Å². The van der Waals surface area contributed by atoms with E-state index in [-0.39, 0.29) is 6.61 Å². The SMILES string of the molecule is CCOC(=O)C(F)(F)C(N)c1ccccc1C(F)(F)F. The molecule has 0 spiro atoms. The molecule has 0 aromatic heterocycles. The molecule has 0 heterocycles. The molecule has 1 unspecified atom stereocenters. The normalized spacial score (nSPS) is 13.9. The molecule has 0 bridgehead atoms. The van der Waals surface area contributed by atoms with Gasteiger partial charge in [0, 0.05) is 0 Å². The van der Waals surface area contributed by atoms with Crippen molar-refractivity contribution in [3.05, 3.63) is 35.4 Å². The van der Waals surface area contributed by atoms with Gasteiger partial charge in [0.2, 0.25) is 0 Å². The Morgan fingerprint density at radius 2 is 1.80 bits per heavy atom. The smallest absolute Gasteiger partial charge is 0.416 e. The Morgan fingerprint density at radius 3 is 2.30 bits per heavy atom. The first-order chi connectivity index (χ1) is 9.12. The van der Waals surface area contributed by atoms with Gasteiger partial charge in [0.05, 0.1) is 12.2 Å². The van der Waals surface area contributed by atoms with Crippen molar-refractivity contribution in [1.29, 1.82) is 0 Å². The molecule has 1 aromatic rings. The Morgan fingerprint density at radius 1 is 1.25 bits per heavy atom. The van der Waals surface area contributed by atoms with Crippen LogP contribution in [0.2, 0.25) is 0 Å². The van der Waals surface area contributed by atoms with Crippen LogP contribution in [0.25, 0.3) is 0 Å². The van der Waals surface area contributed by atoms with Crippen molar-refractivity contribution in [1.82, 2.24) is 0 Å². The number of benzene rings is 1. The van der Waals surface area contributed by atoms with Gasteiger partial charge in [0.25, 0.3) is 0 Å². The number of carbonyl (C=O) groups excluding carboxylic acids is 1. The second-order valence-corrected chi connectivity index (χ2v) is 3.91. The molecule has 112 valence electrons. The molecule has 0 saturated carbocycles. The predicted octanol–water partition coefficient (Wildman–Crippen LogP) is 2.90. The number of hydrogen-bond donors (Lipinski definition) is 1. The van der Waals surface area contributed by atoms with E-state index in [1.54, 1.807) is 0 Å². The highest BCUT2D eigenvalue weighted by Gasteiger charge is 2.50. The van der Waals surface area contributed by atoms with E-state index in [0.717, 1.165) is 18.2 Å². The van der Waals surface area contributed by atoms with E-state index >= 15 is 0 Å². The summed E-state index contributed by atoms with van der Waals surface area (Å²) in [5, 5.41) is 0. The van der Waals surface area contributed by atoms with Gasteiger partial charge in [-0.2, -0.15) is 22.0 Å². The Hall–Kier alpha value is -1.70. The van der Waals surface area contributed by atoms with Crippen LogP contribution in [0.4, 0.5) is 22.0 Å². The maximum Gasteiger partial charge on any atom is 0.416 e. The lowest BCUT2D eigenvalue weighted by Crippen LogP contribution is -2.42. The average Bonchev–Trinajstić information content (AvgIpc) is 2.37. The summed E-state index contributed by atoms with van der Waals surface area (Å²) in [6.07, 6.45) is -4.85. The van der Waals surface area contributed by atoms with Crippen LogP contribution in [0.3, 0.4) is 0 Å². The fourth-order valence-corrected chi connectivity index (χ4v) is 1.58. The minimum atomic E-state index is -4.85. The van der Waals surface area contributed by atoms with Crippen molar-refractivity contribution in [3.63, 3.8) is 0 Å². The van der Waals surface area contributed by atoms with Gasteiger partial charge in [-0.3, -0.25) is 0 Å². The topological polar surface area (TPSA) is 52.3 Å². The first-order valence-corrected chi connectivity index (χ1v) is 5.59. The van der Waals surface area contributed by atoms with Crippen LogP contribution in [0, 0.1) is 0 Å². The fourth-order valence-electron chi connectivity index (χ4n) is 1.58. The molecule has 0 saturated heterocycles. The van der Waals surface area contributed by atoms with Crippen molar-refractivity contribution in [2.24, 2.45) is 5.73 Å². The zero-order valence-electron chi connectivity index (χ0n) is 10.4. The van der Waals surface area contributed by atoms with Crippen LogP contribution in [0.5, 0.6) is 0 Å². The first-order valence-electron chi connectivity index (χ1n) is 5.59. The first kappa shape index (κ1) is 16.4. The van der Waals surface area contributed by atoms with Gasteiger partial charge in [0.15, 0.2) is 0 Å². The van der Waals surface area contributed by atoms with Gasteiger partial charge in [-0.1, -0.05) is 18.2 Å². The largest absolute Gasteiger partial charge is 0.462 e. The zero-order chi connectivity index (χ0) is 15.6. The van der Waals surface area contributed by atoms with Crippen LogP contribution >= 0.6 is 0 Å². The van der Waals surface area contributed by atoms with Crippen molar-refractivity contribution >= 4 is 5.97 Å². The van der Waals surface area contributed by atoms with Gasteiger partial charge in [0.1, 0.15) is 6.04 Å². The number of rotatable bonds is 4. The fraction of sp³-hybridized carbons (Fsp3) is 0.417. The highest BCUT2D eigenvalue weighted by Crippen LogP contribution is 2.38. The zero-order valence-corrected chi connectivity index (χ0v) is 10.4. The Kier molecular flexibility index (Phi) is 4.69. The van der Waals surface area contributed by atoms with E-state index in [1.165, 1.54) is 6.92 Å². The lowest BCUT2D eigenvalue weighted by molar-refractivity contribution is -0.175. The Balaban J connectivity index is 3.21. The molecule has 0 aliphatic heterocycles. The summed E-state index contributed by atoms with van der Waals surface area (Å²) in [6.45, 7) is 0.964. The highest BCUT2D eigenvalue weighted by molar-refractivity contribution is 5.79. The van der Waals surface area contributed by atoms with E-state index in [1.807, 2.05) is 0 Å². The van der Waals surface area contributed by atoms with Gasteiger partial charge in [-0.15, -0.1) is 0 Å². The molecule has 8 heteroatoms.